The van der Waals surface area contributed by atoms with Gasteiger partial charge in [0, 0.05) is 48.5 Å². The number of aromatic nitrogens is 2. The number of likely N-dealkylation sites (tertiary alicyclic amines) is 1. The summed E-state index contributed by atoms with van der Waals surface area (Å²) in [6.45, 7) is 8.80. The van der Waals surface area contributed by atoms with E-state index in [-0.39, 0.29) is 5.91 Å². The van der Waals surface area contributed by atoms with Gasteiger partial charge in [-0.1, -0.05) is 32.0 Å². The van der Waals surface area contributed by atoms with Crippen LogP contribution in [0.1, 0.15) is 42.7 Å². The molecule has 28 heavy (non-hydrogen) atoms. The summed E-state index contributed by atoms with van der Waals surface area (Å²) in [5.74, 6) is 2.31. The van der Waals surface area contributed by atoms with Crippen molar-refractivity contribution in [2.45, 2.75) is 37.3 Å². The first-order valence-electron chi connectivity index (χ1n) is 10.3. The van der Waals surface area contributed by atoms with Crippen LogP contribution in [0.5, 0.6) is 0 Å². The van der Waals surface area contributed by atoms with Gasteiger partial charge in [-0.15, -0.1) is 11.8 Å². The molecular weight excluding hydrogens is 368 g/mol. The predicted molar refractivity (Wildman–Crippen MR) is 115 cm³/mol. The molecular formula is C22H30N4OS. The minimum atomic E-state index is -0.0442. The summed E-state index contributed by atoms with van der Waals surface area (Å²) in [6.07, 6.45) is 2.32. The van der Waals surface area contributed by atoms with Crippen LogP contribution in [-0.4, -0.2) is 46.8 Å². The largest absolute Gasteiger partial charge is 0.351 e. The molecule has 2 aliphatic heterocycles. The van der Waals surface area contributed by atoms with E-state index in [1.807, 2.05) is 17.8 Å². The van der Waals surface area contributed by atoms with E-state index in [4.69, 9.17) is 0 Å². The van der Waals surface area contributed by atoms with Gasteiger partial charge in [0.25, 0.3) is 5.91 Å². The lowest BCUT2D eigenvalue weighted by atomic mass is 9.92. The Morgan fingerprint density at radius 3 is 2.79 bits per heavy atom. The van der Waals surface area contributed by atoms with Crippen molar-refractivity contribution in [3.05, 3.63) is 35.5 Å². The molecule has 1 aromatic heterocycles. The van der Waals surface area contributed by atoms with Crippen molar-refractivity contribution in [2.24, 2.45) is 18.9 Å². The molecule has 4 rings (SSSR count). The van der Waals surface area contributed by atoms with Crippen LogP contribution < -0.4 is 5.32 Å². The average molecular weight is 399 g/mol. The number of aryl methyl sites for hydroxylation is 1. The van der Waals surface area contributed by atoms with Crippen LogP contribution in [0.4, 0.5) is 0 Å². The van der Waals surface area contributed by atoms with E-state index < -0.39 is 0 Å². The number of rotatable bonds is 5. The molecule has 0 unspecified atom stereocenters. The lowest BCUT2D eigenvalue weighted by Gasteiger charge is -2.34. The van der Waals surface area contributed by atoms with Gasteiger partial charge in [0.05, 0.1) is 5.69 Å². The Hall–Kier alpha value is -1.79. The maximum Gasteiger partial charge on any atom is 0.272 e. The SMILES string of the molecule is C[C@H]1C[C@H](C)CN(CCCNC(=O)c2nn(C)c3c2CSc2ccccc2-3)C1. The molecule has 1 saturated heterocycles. The molecule has 0 spiro atoms. The quantitative estimate of drug-likeness (QED) is 0.779. The Bertz CT molecular complexity index is 852. The zero-order chi connectivity index (χ0) is 19.7. The lowest BCUT2D eigenvalue weighted by molar-refractivity contribution is 0.0941. The second-order valence-corrected chi connectivity index (χ2v) is 9.42. The molecule has 0 radical (unpaired) electrons. The summed E-state index contributed by atoms with van der Waals surface area (Å²) in [5.41, 5.74) is 3.90. The maximum absolute atomic E-state index is 12.8. The van der Waals surface area contributed by atoms with Gasteiger partial charge in [-0.05, 0) is 37.3 Å². The summed E-state index contributed by atoms with van der Waals surface area (Å²) < 4.78 is 1.86. The number of hydrogen-bond donors (Lipinski definition) is 1. The Morgan fingerprint density at radius 2 is 2.00 bits per heavy atom. The Balaban J connectivity index is 1.36. The molecule has 2 atom stereocenters. The van der Waals surface area contributed by atoms with E-state index in [2.05, 4.69) is 47.4 Å². The third kappa shape index (κ3) is 3.98. The maximum atomic E-state index is 12.8. The highest BCUT2D eigenvalue weighted by Crippen LogP contribution is 2.42. The molecule has 2 aromatic rings. The van der Waals surface area contributed by atoms with Crippen molar-refractivity contribution >= 4 is 17.7 Å². The Labute approximate surface area is 171 Å². The van der Waals surface area contributed by atoms with Gasteiger partial charge < -0.3 is 10.2 Å². The van der Waals surface area contributed by atoms with Crippen LogP contribution >= 0.6 is 11.8 Å². The van der Waals surface area contributed by atoms with Crippen LogP contribution in [0.2, 0.25) is 0 Å². The second-order valence-electron chi connectivity index (χ2n) is 8.40. The summed E-state index contributed by atoms with van der Waals surface area (Å²) in [4.78, 5) is 16.6. The number of fused-ring (bicyclic) bond motifs is 3. The van der Waals surface area contributed by atoms with Crippen molar-refractivity contribution in [2.75, 3.05) is 26.2 Å². The summed E-state index contributed by atoms with van der Waals surface area (Å²) in [7, 11) is 1.93. The van der Waals surface area contributed by atoms with Gasteiger partial charge in [0.1, 0.15) is 0 Å². The van der Waals surface area contributed by atoms with Crippen LogP contribution in [0.25, 0.3) is 11.3 Å². The Kier molecular flexibility index (Phi) is 5.78. The highest BCUT2D eigenvalue weighted by atomic mass is 32.2. The molecule has 1 N–H and O–H groups in total. The number of benzene rings is 1. The lowest BCUT2D eigenvalue weighted by Crippen LogP contribution is -2.40. The normalized spacial score (nSPS) is 21.8. The predicted octanol–water partition coefficient (Wildman–Crippen LogP) is 3.79. The third-order valence-corrected chi connectivity index (χ3v) is 6.86. The van der Waals surface area contributed by atoms with Gasteiger partial charge in [-0.3, -0.25) is 9.48 Å². The summed E-state index contributed by atoms with van der Waals surface area (Å²) in [5, 5.41) is 7.66. The van der Waals surface area contributed by atoms with Crippen molar-refractivity contribution < 1.29 is 4.79 Å². The number of piperidine rings is 1. The van der Waals surface area contributed by atoms with Crippen molar-refractivity contribution in [1.29, 1.82) is 0 Å². The molecule has 0 bridgehead atoms. The van der Waals surface area contributed by atoms with Gasteiger partial charge in [-0.25, -0.2) is 0 Å². The molecule has 3 heterocycles. The zero-order valence-corrected chi connectivity index (χ0v) is 17.9. The number of nitrogens with zero attached hydrogens (tertiary/aromatic N) is 3. The first-order valence-corrected chi connectivity index (χ1v) is 11.3. The van der Waals surface area contributed by atoms with Crippen LogP contribution in [-0.2, 0) is 12.8 Å². The number of carbonyl (C=O) groups is 1. The topological polar surface area (TPSA) is 50.2 Å². The minimum Gasteiger partial charge on any atom is -0.351 e. The van der Waals surface area contributed by atoms with E-state index in [0.29, 0.717) is 12.2 Å². The molecule has 2 aliphatic rings. The fourth-order valence-electron chi connectivity index (χ4n) is 4.72. The first-order chi connectivity index (χ1) is 13.5. The van der Waals surface area contributed by atoms with E-state index in [1.165, 1.54) is 30.0 Å². The standard InChI is InChI=1S/C22H30N4OS/c1-15-11-16(2)13-26(12-15)10-6-9-23-22(27)20-18-14-28-19-8-5-4-7-17(19)21(18)25(3)24-20/h4-5,7-8,15-16H,6,9-14H2,1-3H3,(H,23,27)/t15-,16-/m0/s1. The van der Waals surface area contributed by atoms with Gasteiger partial charge >= 0.3 is 0 Å². The second kappa shape index (κ2) is 8.29. The fourth-order valence-corrected chi connectivity index (χ4v) is 5.79. The molecule has 0 aliphatic carbocycles. The number of hydrogen-bond acceptors (Lipinski definition) is 4. The number of nitrogens with one attached hydrogen (secondary N) is 1. The van der Waals surface area contributed by atoms with Crippen LogP contribution in [0, 0.1) is 11.8 Å². The molecule has 5 nitrogen and oxygen atoms in total. The van der Waals surface area contributed by atoms with Crippen LogP contribution in [0.3, 0.4) is 0 Å². The number of thioether (sulfide) groups is 1. The molecule has 150 valence electrons. The monoisotopic (exact) mass is 398 g/mol. The van der Waals surface area contributed by atoms with Gasteiger partial charge in [-0.2, -0.15) is 5.10 Å². The smallest absolute Gasteiger partial charge is 0.272 e. The molecule has 1 fully saturated rings. The third-order valence-electron chi connectivity index (χ3n) is 5.76. The molecule has 1 amide bonds. The zero-order valence-electron chi connectivity index (χ0n) is 17.1. The van der Waals surface area contributed by atoms with E-state index in [1.54, 1.807) is 11.8 Å². The summed E-state index contributed by atoms with van der Waals surface area (Å²) >= 11 is 1.78. The van der Waals surface area contributed by atoms with E-state index in [9.17, 15) is 4.79 Å². The fraction of sp³-hybridized carbons (Fsp3) is 0.545. The van der Waals surface area contributed by atoms with Crippen molar-refractivity contribution in [1.82, 2.24) is 20.0 Å². The number of carbonyl (C=O) groups excluding carboxylic acids is 1. The number of amides is 1. The van der Waals surface area contributed by atoms with Gasteiger partial charge in [0.2, 0.25) is 0 Å². The van der Waals surface area contributed by atoms with E-state index >= 15 is 0 Å². The van der Waals surface area contributed by atoms with Crippen molar-refractivity contribution in [3.63, 3.8) is 0 Å². The van der Waals surface area contributed by atoms with Crippen LogP contribution in [0.15, 0.2) is 29.2 Å². The van der Waals surface area contributed by atoms with Crippen molar-refractivity contribution in [3.8, 4) is 11.3 Å². The summed E-state index contributed by atoms with van der Waals surface area (Å²) in [6, 6.07) is 8.36. The highest BCUT2D eigenvalue weighted by Gasteiger charge is 2.27. The minimum absolute atomic E-state index is 0.0442. The molecule has 6 heteroatoms. The molecule has 0 saturated carbocycles. The van der Waals surface area contributed by atoms with Gasteiger partial charge in [0.15, 0.2) is 5.69 Å². The average Bonchev–Trinajstić information content (AvgIpc) is 3.01. The molecule has 1 aromatic carbocycles. The Morgan fingerprint density at radius 1 is 1.25 bits per heavy atom. The van der Waals surface area contributed by atoms with E-state index in [0.717, 1.165) is 41.8 Å². The highest BCUT2D eigenvalue weighted by molar-refractivity contribution is 7.98. The first kappa shape index (κ1) is 19.5.